The summed E-state index contributed by atoms with van der Waals surface area (Å²) in [5.74, 6) is 15.9. The molecular formula is C39H51NO6Si. The Labute approximate surface area is 282 Å². The molecule has 1 saturated heterocycles. The molecule has 6 aliphatic rings. The number of amides is 1. The maximum atomic E-state index is 14.5. The molecule has 4 bridgehead atoms. The number of nitrogens with zero attached hydrogens (tertiary/aromatic N) is 1. The molecule has 0 aromatic heterocycles. The Morgan fingerprint density at radius 1 is 1.06 bits per heavy atom. The van der Waals surface area contributed by atoms with E-state index in [1.165, 1.54) is 19.3 Å². The Kier molecular flexibility index (Phi) is 9.86. The van der Waals surface area contributed by atoms with Crippen molar-refractivity contribution in [1.82, 2.24) is 0 Å². The Morgan fingerprint density at radius 3 is 2.40 bits per heavy atom. The van der Waals surface area contributed by atoms with Gasteiger partial charge in [0.25, 0.3) is 0 Å². The lowest BCUT2D eigenvalue weighted by Gasteiger charge is -2.56. The van der Waals surface area contributed by atoms with E-state index in [1.54, 1.807) is 24.2 Å². The minimum absolute atomic E-state index is 0.0504. The van der Waals surface area contributed by atoms with E-state index in [9.17, 15) is 4.79 Å². The molecule has 5 fully saturated rings. The maximum Gasteiger partial charge on any atom is 0.416 e. The van der Waals surface area contributed by atoms with E-state index >= 15 is 0 Å². The van der Waals surface area contributed by atoms with Crippen LogP contribution in [0.25, 0.3) is 6.08 Å². The third-order valence-electron chi connectivity index (χ3n) is 11.0. The van der Waals surface area contributed by atoms with E-state index in [2.05, 4.69) is 57.5 Å². The molecule has 1 aromatic carbocycles. The van der Waals surface area contributed by atoms with Gasteiger partial charge in [0.2, 0.25) is 8.32 Å². The number of fused-ring (bicyclic) bond motifs is 1. The Balaban J connectivity index is 1.29. The van der Waals surface area contributed by atoms with Crippen molar-refractivity contribution in [1.29, 1.82) is 0 Å². The summed E-state index contributed by atoms with van der Waals surface area (Å²) >= 11 is 0. The van der Waals surface area contributed by atoms with Crippen molar-refractivity contribution >= 4 is 26.2 Å². The predicted octanol–water partition coefficient (Wildman–Crippen LogP) is 8.46. The van der Waals surface area contributed by atoms with Crippen LogP contribution in [-0.4, -0.2) is 52.7 Å². The summed E-state index contributed by atoms with van der Waals surface area (Å²) in [5, 5.41) is -0.0504. The Hall–Kier alpha value is -3.17. The lowest BCUT2D eigenvalue weighted by atomic mass is 9.54. The third-order valence-corrected chi connectivity index (χ3v) is 15.4. The normalized spacial score (nSPS) is 29.6. The monoisotopic (exact) mass is 657 g/mol. The van der Waals surface area contributed by atoms with Crippen molar-refractivity contribution in [2.24, 2.45) is 17.8 Å². The fourth-order valence-corrected chi connectivity index (χ4v) is 9.11. The van der Waals surface area contributed by atoms with Gasteiger partial charge in [-0.25, -0.2) is 4.79 Å². The van der Waals surface area contributed by atoms with Crippen LogP contribution in [0.4, 0.5) is 10.5 Å². The minimum atomic E-state index is -2.30. The van der Waals surface area contributed by atoms with Crippen molar-refractivity contribution in [3.8, 4) is 29.4 Å². The molecule has 4 saturated carbocycles. The number of hydrogen-bond acceptors (Lipinski definition) is 6. The molecule has 4 aliphatic carbocycles. The van der Waals surface area contributed by atoms with Crippen LogP contribution >= 0.6 is 0 Å². The van der Waals surface area contributed by atoms with E-state index in [4.69, 9.17) is 23.4 Å². The molecule has 0 spiro atoms. The molecule has 1 amide bonds. The van der Waals surface area contributed by atoms with Gasteiger partial charge in [-0.2, -0.15) is 0 Å². The zero-order valence-corrected chi connectivity index (χ0v) is 30.0. The molecule has 1 aromatic rings. The highest BCUT2D eigenvalue weighted by atomic mass is 28.4. The first kappa shape index (κ1) is 33.7. The number of hydrogen-bond donors (Lipinski definition) is 0. The number of methoxy groups -OCH3 is 1. The lowest BCUT2D eigenvalue weighted by molar-refractivity contribution is -0.154. The van der Waals surface area contributed by atoms with E-state index in [-0.39, 0.29) is 17.4 Å². The van der Waals surface area contributed by atoms with Crippen molar-refractivity contribution in [3.63, 3.8) is 0 Å². The van der Waals surface area contributed by atoms with Crippen molar-refractivity contribution < 1.29 is 28.2 Å². The molecule has 7 rings (SSSR count). The molecule has 2 heterocycles. The minimum Gasteiger partial charge on any atom is -0.544 e. The standard InChI is InChI=1S/C39H51NO6Si/c1-38(2,3)47(5,6)46-35-24-31-23-32(42-4)16-17-33(31)40(37(41)45-39-25-28-20-29(26-39)22-30(21-28)27-39)34(35)14-10-8-7-9-12-18-43-36-15-11-13-19-44-36/h7-8,16-17,23-24,28-30,34,36H,11,13,15,18-22,25-27H2,1-6H3/b8-7-. The number of anilines is 1. The quantitative estimate of drug-likeness (QED) is 0.226. The van der Waals surface area contributed by atoms with E-state index in [1.807, 2.05) is 24.3 Å². The van der Waals surface area contributed by atoms with E-state index in [0.29, 0.717) is 35.9 Å². The molecule has 2 aliphatic heterocycles. The number of allylic oxidation sites excluding steroid dienone is 2. The van der Waals surface area contributed by atoms with Gasteiger partial charge in [-0.05, 0) is 130 Å². The van der Waals surface area contributed by atoms with Crippen molar-refractivity contribution in [3.05, 3.63) is 41.7 Å². The molecule has 2 atom stereocenters. The zero-order valence-electron chi connectivity index (χ0n) is 29.0. The predicted molar refractivity (Wildman–Crippen MR) is 187 cm³/mol. The number of ether oxygens (including phenoxy) is 4. The molecule has 0 N–H and O–H groups in total. The second-order valence-electron chi connectivity index (χ2n) is 15.6. The van der Waals surface area contributed by atoms with Gasteiger partial charge in [0, 0.05) is 12.2 Å². The topological polar surface area (TPSA) is 66.5 Å². The highest BCUT2D eigenvalue weighted by molar-refractivity contribution is 6.74. The summed E-state index contributed by atoms with van der Waals surface area (Å²) in [7, 11) is -0.651. The highest BCUT2D eigenvalue weighted by Gasteiger charge is 2.54. The largest absolute Gasteiger partial charge is 0.544 e. The first-order valence-electron chi connectivity index (χ1n) is 17.4. The summed E-state index contributed by atoms with van der Waals surface area (Å²) in [6.45, 7) is 12.1. The average molecular weight is 658 g/mol. The molecule has 252 valence electrons. The fraction of sp³-hybridized carbons (Fsp3) is 0.615. The molecular weight excluding hydrogens is 607 g/mol. The van der Waals surface area contributed by atoms with Crippen molar-refractivity contribution in [2.75, 3.05) is 25.2 Å². The SMILES string of the molecule is COc1ccc2c(c1)C=C(O[Si](C)(C)C(C)(C)C)C(C#C/C=C\C#CCOC1CCCCO1)N2C(=O)OC12CC3CC(CC(C3)C1)C2. The summed E-state index contributed by atoms with van der Waals surface area (Å²) in [6, 6.07) is 5.11. The average Bonchev–Trinajstić information content (AvgIpc) is 3.00. The van der Waals surface area contributed by atoms with E-state index < -0.39 is 20.0 Å². The van der Waals surface area contributed by atoms with Gasteiger partial charge in [-0.3, -0.25) is 4.90 Å². The van der Waals surface area contributed by atoms with Gasteiger partial charge in [-0.1, -0.05) is 44.5 Å². The van der Waals surface area contributed by atoms with Gasteiger partial charge in [0.15, 0.2) is 12.3 Å². The third kappa shape index (κ3) is 7.61. The zero-order chi connectivity index (χ0) is 33.2. The van der Waals surface area contributed by atoms with Crippen LogP contribution in [0.1, 0.15) is 84.1 Å². The van der Waals surface area contributed by atoms with Crippen LogP contribution in [0.2, 0.25) is 18.1 Å². The van der Waals surface area contributed by atoms with Crippen LogP contribution in [0.15, 0.2) is 36.1 Å². The van der Waals surface area contributed by atoms with Crippen LogP contribution in [0.5, 0.6) is 5.75 Å². The lowest BCUT2D eigenvalue weighted by Crippen LogP contribution is -2.56. The smallest absolute Gasteiger partial charge is 0.416 e. The van der Waals surface area contributed by atoms with Crippen molar-refractivity contribution in [2.45, 2.75) is 115 Å². The summed E-state index contributed by atoms with van der Waals surface area (Å²) < 4.78 is 30.5. The summed E-state index contributed by atoms with van der Waals surface area (Å²) in [4.78, 5) is 16.2. The van der Waals surface area contributed by atoms with Gasteiger partial charge in [-0.15, -0.1) is 0 Å². The van der Waals surface area contributed by atoms with Gasteiger partial charge < -0.3 is 23.4 Å². The first-order chi connectivity index (χ1) is 22.5. The van der Waals surface area contributed by atoms with Gasteiger partial charge in [0.1, 0.15) is 23.7 Å². The molecule has 8 heteroatoms. The van der Waals surface area contributed by atoms with Crippen LogP contribution in [-0.2, 0) is 18.6 Å². The second-order valence-corrected chi connectivity index (χ2v) is 20.3. The van der Waals surface area contributed by atoms with Crippen LogP contribution in [0, 0.1) is 41.4 Å². The number of benzene rings is 1. The molecule has 47 heavy (non-hydrogen) atoms. The number of carbonyl (C=O) groups excluding carboxylic acids is 1. The maximum absolute atomic E-state index is 14.5. The molecule has 7 nitrogen and oxygen atoms in total. The second kappa shape index (κ2) is 13.7. The van der Waals surface area contributed by atoms with Crippen LogP contribution < -0.4 is 9.64 Å². The van der Waals surface area contributed by atoms with Gasteiger partial charge in [0.05, 0.1) is 12.8 Å². The number of carbonyl (C=O) groups is 1. The Bertz CT molecular complexity index is 1470. The van der Waals surface area contributed by atoms with E-state index in [0.717, 1.165) is 56.4 Å². The first-order valence-corrected chi connectivity index (χ1v) is 20.3. The molecule has 2 unspecified atom stereocenters. The highest BCUT2D eigenvalue weighted by Crippen LogP contribution is 2.57. The molecule has 0 radical (unpaired) electrons. The van der Waals surface area contributed by atoms with Crippen LogP contribution in [0.3, 0.4) is 0 Å². The Morgan fingerprint density at radius 2 is 1.77 bits per heavy atom. The summed E-state index contributed by atoms with van der Waals surface area (Å²) in [6.07, 6.45) is 14.8. The summed E-state index contributed by atoms with van der Waals surface area (Å²) in [5.41, 5.74) is 1.20. The number of rotatable bonds is 6. The van der Waals surface area contributed by atoms with Gasteiger partial charge >= 0.3 is 6.09 Å². The fourth-order valence-electron chi connectivity index (χ4n) is 8.04.